The number of benzene rings is 1. The first-order chi connectivity index (χ1) is 14.4. The Balaban J connectivity index is -0.000000869. The Kier molecular flexibility index (Phi) is 17.0. The molecule has 5 nitrogen and oxygen atoms in total. The van der Waals surface area contributed by atoms with Gasteiger partial charge in [0, 0.05) is 17.6 Å². The number of carbonyl (C=O) groups excluding carboxylic acids is 2. The van der Waals surface area contributed by atoms with Crippen LogP contribution in [0.25, 0.3) is 0 Å². The van der Waals surface area contributed by atoms with Gasteiger partial charge in [0.05, 0.1) is 7.11 Å². The number of ether oxygens (including phenoxy) is 2. The van der Waals surface area contributed by atoms with E-state index in [-0.39, 0.29) is 32.5 Å². The van der Waals surface area contributed by atoms with Crippen LogP contribution in [0.15, 0.2) is 48.6 Å². The molecule has 1 unspecified atom stereocenters. The van der Waals surface area contributed by atoms with E-state index < -0.39 is 11.6 Å². The minimum atomic E-state index is -0.775. The van der Waals surface area contributed by atoms with E-state index in [1.54, 1.807) is 44.4 Å². The fraction of sp³-hybridized carbons (Fsp3) is 0.538. The number of methoxy groups -OCH3 is 1. The zero-order valence-corrected chi connectivity index (χ0v) is 21.6. The summed E-state index contributed by atoms with van der Waals surface area (Å²) < 4.78 is 10.5. The molecule has 176 valence electrons. The van der Waals surface area contributed by atoms with Gasteiger partial charge in [-0.05, 0) is 64.0 Å². The fourth-order valence-corrected chi connectivity index (χ4v) is 2.82. The zero-order chi connectivity index (χ0) is 24.0. The van der Waals surface area contributed by atoms with Crippen LogP contribution in [0.2, 0.25) is 0 Å². The smallest absolute Gasteiger partial charge is 1.00 e. The molecule has 0 saturated heterocycles. The quantitative estimate of drug-likeness (QED) is 0.189. The molecule has 0 saturated carbocycles. The van der Waals surface area contributed by atoms with Gasteiger partial charge in [-0.1, -0.05) is 45.9 Å². The molecule has 0 aliphatic heterocycles. The number of hydrogen-bond acceptors (Lipinski definition) is 5. The molecule has 0 radical (unpaired) electrons. The molecular formula is C26H42LiNO4. The van der Waals surface area contributed by atoms with Crippen molar-refractivity contribution in [2.45, 2.75) is 85.4 Å². The van der Waals surface area contributed by atoms with E-state index in [0.29, 0.717) is 29.8 Å². The van der Waals surface area contributed by atoms with Gasteiger partial charge in [0.1, 0.15) is 17.8 Å². The van der Waals surface area contributed by atoms with Gasteiger partial charge in [0.15, 0.2) is 5.78 Å². The second kappa shape index (κ2) is 16.8. The normalized spacial score (nSPS) is 11.9. The van der Waals surface area contributed by atoms with Gasteiger partial charge >= 0.3 is 24.8 Å². The molecule has 0 aliphatic rings. The molecule has 1 N–H and O–H groups in total. The third-order valence-corrected chi connectivity index (χ3v) is 4.36. The van der Waals surface area contributed by atoms with Gasteiger partial charge in [-0.15, -0.1) is 0 Å². The molecule has 0 fully saturated rings. The Morgan fingerprint density at radius 2 is 1.66 bits per heavy atom. The first kappa shape index (κ1) is 32.4. The van der Waals surface area contributed by atoms with Gasteiger partial charge in [0.2, 0.25) is 0 Å². The fourth-order valence-electron chi connectivity index (χ4n) is 2.82. The van der Waals surface area contributed by atoms with E-state index in [9.17, 15) is 9.59 Å². The summed E-state index contributed by atoms with van der Waals surface area (Å²) in [7, 11) is 1.56. The molecule has 0 aliphatic carbocycles. The molecule has 1 aromatic carbocycles. The number of esters is 1. The average molecular weight is 440 g/mol. The summed E-state index contributed by atoms with van der Waals surface area (Å²) >= 11 is 0. The Hall–Kier alpha value is -1.80. The number of ketones is 1. The minimum absolute atomic E-state index is 0. The van der Waals surface area contributed by atoms with Crippen LogP contribution in [0.4, 0.5) is 0 Å². The van der Waals surface area contributed by atoms with Crippen molar-refractivity contribution in [3.8, 4) is 5.75 Å². The van der Waals surface area contributed by atoms with Crippen molar-refractivity contribution in [2.75, 3.05) is 7.11 Å². The number of nitrogens with one attached hydrogen (secondary N) is 1. The van der Waals surface area contributed by atoms with Crippen molar-refractivity contribution in [3.05, 3.63) is 54.1 Å². The summed E-state index contributed by atoms with van der Waals surface area (Å²) in [5.74, 6) is -0.165. The summed E-state index contributed by atoms with van der Waals surface area (Å²) in [5, 5.41) is 3.31. The molecular weight excluding hydrogens is 397 g/mol. The molecule has 0 aromatic heterocycles. The van der Waals surface area contributed by atoms with E-state index >= 15 is 0 Å². The van der Waals surface area contributed by atoms with Crippen LogP contribution in [-0.4, -0.2) is 36.5 Å². The second-order valence-corrected chi connectivity index (χ2v) is 8.62. The van der Waals surface area contributed by atoms with E-state index in [1.165, 1.54) is 5.57 Å². The van der Waals surface area contributed by atoms with Gasteiger partial charge in [0.25, 0.3) is 0 Å². The van der Waals surface area contributed by atoms with E-state index in [0.717, 1.165) is 6.42 Å². The Labute approximate surface area is 208 Å². The third-order valence-electron chi connectivity index (χ3n) is 4.36. The maximum atomic E-state index is 12.2. The van der Waals surface area contributed by atoms with Crippen LogP contribution in [0.5, 0.6) is 5.75 Å². The minimum Gasteiger partial charge on any atom is -1.00 e. The number of Topliss-reactive ketones (excluding diaryl/α,β-unsaturated/α-hetero) is 1. The predicted octanol–water partition coefficient (Wildman–Crippen LogP) is 3.01. The van der Waals surface area contributed by atoms with Crippen molar-refractivity contribution in [1.29, 1.82) is 0 Å². The molecule has 1 rings (SSSR count). The van der Waals surface area contributed by atoms with Crippen LogP contribution < -0.4 is 28.9 Å². The number of hydrogen-bond donors (Lipinski definition) is 1. The molecule has 0 heterocycles. The Morgan fingerprint density at radius 3 is 2.03 bits per heavy atom. The summed E-state index contributed by atoms with van der Waals surface area (Å²) in [6.07, 6.45) is 4.81. The summed E-state index contributed by atoms with van der Waals surface area (Å²) in [5.41, 5.74) is 0.892. The summed E-state index contributed by atoms with van der Waals surface area (Å²) in [6.45, 7) is 18.2. The van der Waals surface area contributed by atoms with Crippen LogP contribution in [-0.2, 0) is 9.53 Å². The third kappa shape index (κ3) is 15.1. The maximum absolute atomic E-state index is 12.2. The van der Waals surface area contributed by atoms with Gasteiger partial charge < -0.3 is 16.2 Å². The van der Waals surface area contributed by atoms with Crippen LogP contribution in [0, 0.1) is 0 Å². The van der Waals surface area contributed by atoms with E-state index in [2.05, 4.69) is 45.7 Å². The van der Waals surface area contributed by atoms with Gasteiger partial charge in [-0.3, -0.25) is 9.59 Å². The molecule has 1 atom stereocenters. The molecule has 1 aromatic rings. The number of allylic oxidation sites excluding steroid dienone is 2. The predicted molar refractivity (Wildman–Crippen MR) is 130 cm³/mol. The van der Waals surface area contributed by atoms with Crippen molar-refractivity contribution >= 4 is 11.8 Å². The second-order valence-electron chi connectivity index (χ2n) is 8.62. The summed E-state index contributed by atoms with van der Waals surface area (Å²) in [4.78, 5) is 24.2. The SMILES string of the molecule is C=CC(C)(CCC=C(C)C)OC(=O)CC(=O)c1ccc(OC)cc1.CC(C)NC(C)C.[H-].[Li+]. The number of carbonyl (C=O) groups is 2. The van der Waals surface area contributed by atoms with Crippen LogP contribution >= 0.6 is 0 Å². The van der Waals surface area contributed by atoms with Gasteiger partial charge in [-0.25, -0.2) is 0 Å². The first-order valence-corrected chi connectivity index (χ1v) is 10.8. The Bertz CT molecular complexity index is 722. The van der Waals surface area contributed by atoms with E-state index in [1.807, 2.05) is 13.8 Å². The van der Waals surface area contributed by atoms with Crippen molar-refractivity contribution in [1.82, 2.24) is 5.32 Å². The maximum Gasteiger partial charge on any atom is 1.00 e. The summed E-state index contributed by atoms with van der Waals surface area (Å²) in [6, 6.07) is 7.89. The zero-order valence-electron chi connectivity index (χ0n) is 22.6. The Morgan fingerprint density at radius 1 is 1.12 bits per heavy atom. The first-order valence-electron chi connectivity index (χ1n) is 10.8. The van der Waals surface area contributed by atoms with E-state index in [4.69, 9.17) is 9.47 Å². The largest absolute Gasteiger partial charge is 1.00 e. The van der Waals surface area contributed by atoms with Crippen molar-refractivity contribution in [3.63, 3.8) is 0 Å². The van der Waals surface area contributed by atoms with Crippen molar-refractivity contribution < 1.29 is 39.4 Å². The molecule has 32 heavy (non-hydrogen) atoms. The molecule has 0 bridgehead atoms. The monoisotopic (exact) mass is 439 g/mol. The molecule has 0 amide bonds. The molecule has 6 heteroatoms. The number of rotatable bonds is 11. The molecule has 0 spiro atoms. The topological polar surface area (TPSA) is 64.6 Å². The average Bonchev–Trinajstić information content (AvgIpc) is 2.67. The standard InChI is InChI=1S/C20H26O4.C6H15N.Li.H/c1-6-20(4,13-7-8-15(2)3)24-19(22)14-18(21)16-9-11-17(23-5)12-10-16;1-5(2)7-6(3)4;;/h6,8-12H,1,7,13-14H2,2-5H3;5-7H,1-4H3;;/q;;+1;-1. The van der Waals surface area contributed by atoms with Crippen molar-refractivity contribution in [2.24, 2.45) is 0 Å². The van der Waals surface area contributed by atoms with Crippen LogP contribution in [0.3, 0.4) is 0 Å². The van der Waals surface area contributed by atoms with Crippen LogP contribution in [0.1, 0.15) is 79.5 Å². The van der Waals surface area contributed by atoms with Gasteiger partial charge in [-0.2, -0.15) is 0 Å².